The quantitative estimate of drug-likeness (QED) is 0.294. The predicted octanol–water partition coefficient (Wildman–Crippen LogP) is 3.33. The number of hydrogen-bond donors (Lipinski definition) is 1. The molecule has 1 aliphatic heterocycles. The van der Waals surface area contributed by atoms with Gasteiger partial charge in [-0.25, -0.2) is 4.98 Å². The van der Waals surface area contributed by atoms with Crippen LogP contribution in [0, 0.1) is 10.1 Å². The molecule has 168 valence electrons. The number of thiazole rings is 1. The highest BCUT2D eigenvalue weighted by molar-refractivity contribution is 7.09. The van der Waals surface area contributed by atoms with E-state index < -0.39 is 16.7 Å². The van der Waals surface area contributed by atoms with Crippen LogP contribution < -0.4 is 5.32 Å². The standard InChI is InChI=1S/C23H20N4O5S/c28-19(24-13-16-14-33-20(25-16)12-15-6-2-1-3-7-15)10-5-11-26-22(29)17-8-4-9-18(27(31)32)21(17)23(26)30/h1-4,6-9,14H,5,10-13H2,(H,24,28). The van der Waals surface area contributed by atoms with E-state index in [1.54, 1.807) is 0 Å². The molecule has 9 nitrogen and oxygen atoms in total. The topological polar surface area (TPSA) is 123 Å². The summed E-state index contributed by atoms with van der Waals surface area (Å²) in [5.41, 5.74) is 1.38. The Morgan fingerprint density at radius 3 is 2.64 bits per heavy atom. The Morgan fingerprint density at radius 2 is 1.88 bits per heavy atom. The van der Waals surface area contributed by atoms with Gasteiger partial charge in [-0.15, -0.1) is 11.3 Å². The van der Waals surface area contributed by atoms with Gasteiger partial charge in [-0.05, 0) is 18.1 Å². The largest absolute Gasteiger partial charge is 0.350 e. The first-order chi connectivity index (χ1) is 15.9. The molecule has 0 unspecified atom stereocenters. The van der Waals surface area contributed by atoms with Crippen LogP contribution in [0.3, 0.4) is 0 Å². The zero-order valence-electron chi connectivity index (χ0n) is 17.5. The van der Waals surface area contributed by atoms with Gasteiger partial charge >= 0.3 is 0 Å². The Hall–Kier alpha value is -3.92. The van der Waals surface area contributed by atoms with E-state index in [4.69, 9.17) is 0 Å². The number of nitro benzene ring substituents is 1. The number of nitro groups is 1. The van der Waals surface area contributed by atoms with Gasteiger partial charge in [-0.2, -0.15) is 0 Å². The molecular weight excluding hydrogens is 444 g/mol. The number of hydrogen-bond acceptors (Lipinski definition) is 7. The van der Waals surface area contributed by atoms with E-state index in [-0.39, 0.29) is 42.1 Å². The molecule has 2 aromatic carbocycles. The first-order valence-corrected chi connectivity index (χ1v) is 11.2. The number of carbonyl (C=O) groups excluding carboxylic acids is 3. The van der Waals surface area contributed by atoms with Gasteiger partial charge in [0.15, 0.2) is 0 Å². The van der Waals surface area contributed by atoms with Gasteiger partial charge in [0.1, 0.15) is 5.56 Å². The maximum atomic E-state index is 12.5. The van der Waals surface area contributed by atoms with Crippen LogP contribution in [0.4, 0.5) is 5.69 Å². The van der Waals surface area contributed by atoms with Crippen molar-refractivity contribution >= 4 is 34.7 Å². The van der Waals surface area contributed by atoms with Gasteiger partial charge in [-0.3, -0.25) is 29.4 Å². The van der Waals surface area contributed by atoms with Crippen molar-refractivity contribution in [3.8, 4) is 0 Å². The predicted molar refractivity (Wildman–Crippen MR) is 121 cm³/mol. The van der Waals surface area contributed by atoms with Gasteiger partial charge in [0.05, 0.1) is 27.7 Å². The zero-order valence-corrected chi connectivity index (χ0v) is 18.3. The van der Waals surface area contributed by atoms with Gasteiger partial charge in [0.25, 0.3) is 17.5 Å². The number of carbonyl (C=O) groups is 3. The minimum atomic E-state index is -0.698. The second kappa shape index (κ2) is 9.70. The van der Waals surface area contributed by atoms with Crippen molar-refractivity contribution in [3.05, 3.63) is 91.4 Å². The lowest BCUT2D eigenvalue weighted by Gasteiger charge is -2.13. The molecule has 1 aliphatic rings. The van der Waals surface area contributed by atoms with Crippen molar-refractivity contribution in [1.82, 2.24) is 15.2 Å². The number of rotatable bonds is 9. The summed E-state index contributed by atoms with van der Waals surface area (Å²) in [6.07, 6.45) is 1.09. The highest BCUT2D eigenvalue weighted by Crippen LogP contribution is 2.30. The van der Waals surface area contributed by atoms with Crippen molar-refractivity contribution in [2.45, 2.75) is 25.8 Å². The number of nitrogens with zero attached hydrogens (tertiary/aromatic N) is 3. The van der Waals surface area contributed by atoms with Gasteiger partial charge in [0, 0.05) is 30.8 Å². The third kappa shape index (κ3) is 4.96. The number of fused-ring (bicyclic) bond motifs is 1. The molecule has 3 amide bonds. The molecule has 1 N–H and O–H groups in total. The summed E-state index contributed by atoms with van der Waals surface area (Å²) in [5, 5.41) is 16.8. The number of imide groups is 1. The average molecular weight is 465 g/mol. The minimum absolute atomic E-state index is 0.00878. The zero-order chi connectivity index (χ0) is 23.4. The first-order valence-electron chi connectivity index (χ1n) is 10.3. The molecule has 2 heterocycles. The summed E-state index contributed by atoms with van der Waals surface area (Å²) in [5.74, 6) is -1.50. The molecule has 4 rings (SSSR count). The van der Waals surface area contributed by atoms with Gasteiger partial charge in [-0.1, -0.05) is 36.4 Å². The third-order valence-electron chi connectivity index (χ3n) is 5.22. The average Bonchev–Trinajstić information content (AvgIpc) is 3.36. The van der Waals surface area contributed by atoms with Crippen LogP contribution in [0.15, 0.2) is 53.9 Å². The van der Waals surface area contributed by atoms with E-state index in [2.05, 4.69) is 10.3 Å². The van der Waals surface area contributed by atoms with Crippen LogP contribution in [0.5, 0.6) is 0 Å². The van der Waals surface area contributed by atoms with Crippen molar-refractivity contribution in [3.63, 3.8) is 0 Å². The molecule has 1 aromatic heterocycles. The van der Waals surface area contributed by atoms with Crippen LogP contribution in [0.2, 0.25) is 0 Å². The highest BCUT2D eigenvalue weighted by Gasteiger charge is 2.40. The van der Waals surface area contributed by atoms with Crippen LogP contribution in [-0.4, -0.2) is 39.1 Å². The fourth-order valence-corrected chi connectivity index (χ4v) is 4.46. The fourth-order valence-electron chi connectivity index (χ4n) is 3.63. The minimum Gasteiger partial charge on any atom is -0.350 e. The summed E-state index contributed by atoms with van der Waals surface area (Å²) in [7, 11) is 0. The second-order valence-electron chi connectivity index (χ2n) is 7.49. The van der Waals surface area contributed by atoms with Crippen LogP contribution in [-0.2, 0) is 17.8 Å². The molecule has 3 aromatic rings. The van der Waals surface area contributed by atoms with Gasteiger partial charge < -0.3 is 5.32 Å². The Bertz CT molecular complexity index is 1220. The maximum absolute atomic E-state index is 12.5. The molecule has 0 saturated heterocycles. The molecule has 10 heteroatoms. The SMILES string of the molecule is O=C(CCCN1C(=O)c2cccc([N+](=O)[O-])c2C1=O)NCc1csc(Cc2ccccc2)n1. The molecule has 0 bridgehead atoms. The highest BCUT2D eigenvalue weighted by atomic mass is 32.1. The molecular formula is C23H20N4O5S. The summed E-state index contributed by atoms with van der Waals surface area (Å²) < 4.78 is 0. The van der Waals surface area contributed by atoms with Crippen LogP contribution >= 0.6 is 11.3 Å². The Labute approximate surface area is 193 Å². The molecule has 0 fully saturated rings. The molecule has 0 radical (unpaired) electrons. The normalized spacial score (nSPS) is 12.7. The summed E-state index contributed by atoms with van der Waals surface area (Å²) in [6.45, 7) is 0.304. The van der Waals surface area contributed by atoms with Crippen molar-refractivity contribution < 1.29 is 19.3 Å². The van der Waals surface area contributed by atoms with E-state index in [1.165, 1.54) is 35.1 Å². The summed E-state index contributed by atoms with van der Waals surface area (Å²) in [4.78, 5) is 53.2. The smallest absolute Gasteiger partial charge is 0.282 e. The van der Waals surface area contributed by atoms with Crippen molar-refractivity contribution in [2.75, 3.05) is 6.54 Å². The number of aromatic nitrogens is 1. The summed E-state index contributed by atoms with van der Waals surface area (Å²) >= 11 is 1.54. The number of benzene rings is 2. The third-order valence-corrected chi connectivity index (χ3v) is 6.12. The van der Waals surface area contributed by atoms with Crippen molar-refractivity contribution in [2.24, 2.45) is 0 Å². The van der Waals surface area contributed by atoms with E-state index in [0.29, 0.717) is 6.54 Å². The molecule has 0 aliphatic carbocycles. The van der Waals surface area contributed by atoms with E-state index in [0.717, 1.165) is 22.0 Å². The molecule has 0 saturated carbocycles. The molecule has 33 heavy (non-hydrogen) atoms. The fraction of sp³-hybridized carbons (Fsp3) is 0.217. The number of amides is 3. The lowest BCUT2D eigenvalue weighted by atomic mass is 10.1. The van der Waals surface area contributed by atoms with Crippen molar-refractivity contribution in [1.29, 1.82) is 0 Å². The lowest BCUT2D eigenvalue weighted by molar-refractivity contribution is -0.385. The van der Waals surface area contributed by atoms with Gasteiger partial charge in [0.2, 0.25) is 5.91 Å². The number of nitrogens with one attached hydrogen (secondary N) is 1. The van der Waals surface area contributed by atoms with Crippen LogP contribution in [0.1, 0.15) is 49.8 Å². The lowest BCUT2D eigenvalue weighted by Crippen LogP contribution is -2.32. The molecule has 0 atom stereocenters. The molecule has 0 spiro atoms. The van der Waals surface area contributed by atoms with E-state index >= 15 is 0 Å². The first kappa shape index (κ1) is 22.3. The van der Waals surface area contributed by atoms with E-state index in [1.807, 2.05) is 35.7 Å². The second-order valence-corrected chi connectivity index (χ2v) is 8.44. The van der Waals surface area contributed by atoms with E-state index in [9.17, 15) is 24.5 Å². The Morgan fingerprint density at radius 1 is 1.09 bits per heavy atom. The maximum Gasteiger partial charge on any atom is 0.282 e. The Kier molecular flexibility index (Phi) is 6.55. The Balaban J connectivity index is 1.25. The van der Waals surface area contributed by atoms with Crippen LogP contribution in [0.25, 0.3) is 0 Å². The summed E-state index contributed by atoms with van der Waals surface area (Å²) in [6, 6.07) is 14.0. The monoisotopic (exact) mass is 464 g/mol.